The number of nitro benzene ring substituents is 1. The van der Waals surface area contributed by atoms with Crippen LogP contribution in [0, 0.1) is 10.1 Å². The fraction of sp³-hybridized carbons (Fsp3) is 0.300. The predicted octanol–water partition coefficient (Wildman–Crippen LogP) is 4.12. The number of methoxy groups -OCH3 is 1. The first-order chi connectivity index (χ1) is 19.4. The molecule has 2 amide bonds. The second-order valence-corrected chi connectivity index (χ2v) is 9.91. The zero-order valence-electron chi connectivity index (χ0n) is 22.0. The lowest BCUT2D eigenvalue weighted by Gasteiger charge is -2.49. The van der Waals surface area contributed by atoms with Gasteiger partial charge in [0.25, 0.3) is 5.69 Å². The maximum absolute atomic E-state index is 14.1. The van der Waals surface area contributed by atoms with Crippen LogP contribution in [-0.4, -0.2) is 57.8 Å². The van der Waals surface area contributed by atoms with Crippen molar-refractivity contribution in [3.8, 4) is 5.75 Å². The maximum atomic E-state index is 14.1. The second-order valence-electron chi connectivity index (χ2n) is 9.91. The Hall–Kier alpha value is -4.73. The predicted molar refractivity (Wildman–Crippen MR) is 144 cm³/mol. The summed E-state index contributed by atoms with van der Waals surface area (Å²) in [6, 6.07) is 20.2. The van der Waals surface area contributed by atoms with Gasteiger partial charge < -0.3 is 19.3 Å². The van der Waals surface area contributed by atoms with Crippen molar-refractivity contribution in [1.29, 1.82) is 0 Å². The third-order valence-electron chi connectivity index (χ3n) is 7.41. The van der Waals surface area contributed by atoms with E-state index in [-0.39, 0.29) is 36.2 Å². The molecule has 2 bridgehead atoms. The van der Waals surface area contributed by atoms with Crippen molar-refractivity contribution in [2.24, 2.45) is 0 Å². The van der Waals surface area contributed by atoms with Gasteiger partial charge in [0.1, 0.15) is 23.9 Å². The average Bonchev–Trinajstić information content (AvgIpc) is 2.97. The van der Waals surface area contributed by atoms with Gasteiger partial charge in [0.05, 0.1) is 17.6 Å². The van der Waals surface area contributed by atoms with E-state index in [2.05, 4.69) is 0 Å². The van der Waals surface area contributed by atoms with Crippen LogP contribution >= 0.6 is 0 Å². The lowest BCUT2D eigenvalue weighted by molar-refractivity contribution is -0.384. The molecule has 0 spiro atoms. The zero-order valence-corrected chi connectivity index (χ0v) is 22.0. The number of fused-ring (bicyclic) bond motifs is 5. The summed E-state index contributed by atoms with van der Waals surface area (Å²) in [5, 5.41) is 11.0. The van der Waals surface area contributed by atoms with Crippen molar-refractivity contribution < 1.29 is 28.8 Å². The molecule has 40 heavy (non-hydrogen) atoms. The second kappa shape index (κ2) is 11.6. The van der Waals surface area contributed by atoms with Crippen LogP contribution in [0.25, 0.3) is 0 Å². The quantitative estimate of drug-likeness (QED) is 0.238. The lowest BCUT2D eigenvalue weighted by atomic mass is 9.88. The molecule has 0 aliphatic carbocycles. The van der Waals surface area contributed by atoms with E-state index in [1.54, 1.807) is 24.1 Å². The highest BCUT2D eigenvalue weighted by Crippen LogP contribution is 2.33. The SMILES string of the molecule is COc1ccc(CN2C(=O)[C@@H]3CCC[C@H](OC(=O)c4ccc([N+](=O)[O-])cc4)[C@H]2C(=O)N3Cc2ccccc2)cc1. The van der Waals surface area contributed by atoms with Crippen molar-refractivity contribution in [2.45, 2.75) is 50.5 Å². The Labute approximate surface area is 231 Å². The van der Waals surface area contributed by atoms with Crippen molar-refractivity contribution in [2.75, 3.05) is 7.11 Å². The van der Waals surface area contributed by atoms with Crippen molar-refractivity contribution in [3.63, 3.8) is 0 Å². The Balaban J connectivity index is 1.46. The van der Waals surface area contributed by atoms with Crippen molar-refractivity contribution in [3.05, 3.63) is 106 Å². The largest absolute Gasteiger partial charge is 0.497 e. The lowest BCUT2D eigenvalue weighted by Crippen LogP contribution is -2.68. The monoisotopic (exact) mass is 543 g/mol. The molecule has 0 unspecified atom stereocenters. The minimum atomic E-state index is -1.02. The smallest absolute Gasteiger partial charge is 0.338 e. The van der Waals surface area contributed by atoms with Crippen LogP contribution in [0.4, 0.5) is 5.69 Å². The Morgan fingerprint density at radius 2 is 1.52 bits per heavy atom. The molecule has 0 saturated carbocycles. The molecule has 3 fully saturated rings. The van der Waals surface area contributed by atoms with E-state index in [4.69, 9.17) is 9.47 Å². The molecule has 3 aliphatic rings. The topological polar surface area (TPSA) is 119 Å². The minimum Gasteiger partial charge on any atom is -0.497 e. The Kier molecular flexibility index (Phi) is 7.77. The van der Waals surface area contributed by atoms with Crippen molar-refractivity contribution >= 4 is 23.5 Å². The zero-order chi connectivity index (χ0) is 28.2. The summed E-state index contributed by atoms with van der Waals surface area (Å²) in [5.74, 6) is -0.498. The summed E-state index contributed by atoms with van der Waals surface area (Å²) >= 11 is 0. The average molecular weight is 544 g/mol. The number of non-ortho nitro benzene ring substituents is 1. The van der Waals surface area contributed by atoms with Gasteiger partial charge in [0.15, 0.2) is 0 Å². The van der Waals surface area contributed by atoms with Crippen LogP contribution in [0.1, 0.15) is 40.7 Å². The van der Waals surface area contributed by atoms with E-state index in [1.165, 1.54) is 29.2 Å². The summed E-state index contributed by atoms with van der Waals surface area (Å²) in [5.41, 5.74) is 1.69. The third kappa shape index (κ3) is 5.51. The fourth-order valence-electron chi connectivity index (χ4n) is 5.35. The number of amides is 2. The van der Waals surface area contributed by atoms with Crippen LogP contribution in [-0.2, 0) is 27.4 Å². The van der Waals surface area contributed by atoms with Gasteiger partial charge in [-0.3, -0.25) is 19.7 Å². The van der Waals surface area contributed by atoms with Gasteiger partial charge in [0, 0.05) is 25.2 Å². The van der Waals surface area contributed by atoms with E-state index in [0.29, 0.717) is 25.0 Å². The molecule has 3 aromatic carbocycles. The highest BCUT2D eigenvalue weighted by Gasteiger charge is 2.51. The van der Waals surface area contributed by atoms with Crippen LogP contribution < -0.4 is 4.74 Å². The molecular weight excluding hydrogens is 514 g/mol. The van der Waals surface area contributed by atoms with E-state index >= 15 is 0 Å². The normalized spacial score (nSPS) is 20.6. The number of nitrogens with zero attached hydrogens (tertiary/aromatic N) is 3. The van der Waals surface area contributed by atoms with Crippen molar-refractivity contribution in [1.82, 2.24) is 9.80 Å². The van der Waals surface area contributed by atoms with E-state index in [9.17, 15) is 24.5 Å². The fourth-order valence-corrected chi connectivity index (χ4v) is 5.35. The van der Waals surface area contributed by atoms with Gasteiger partial charge in [-0.05, 0) is 54.7 Å². The van der Waals surface area contributed by atoms with Gasteiger partial charge >= 0.3 is 5.97 Å². The Morgan fingerprint density at radius 3 is 2.17 bits per heavy atom. The molecule has 10 nitrogen and oxygen atoms in total. The molecule has 206 valence electrons. The molecule has 3 aliphatic heterocycles. The van der Waals surface area contributed by atoms with E-state index < -0.39 is 29.1 Å². The van der Waals surface area contributed by atoms with E-state index in [0.717, 1.165) is 11.1 Å². The summed E-state index contributed by atoms with van der Waals surface area (Å²) in [6.45, 7) is 0.437. The molecule has 3 saturated heterocycles. The molecule has 10 heteroatoms. The van der Waals surface area contributed by atoms with Crippen LogP contribution in [0.5, 0.6) is 5.75 Å². The highest BCUT2D eigenvalue weighted by atomic mass is 16.6. The van der Waals surface area contributed by atoms with Gasteiger partial charge in [-0.1, -0.05) is 42.5 Å². The maximum Gasteiger partial charge on any atom is 0.338 e. The van der Waals surface area contributed by atoms with E-state index in [1.807, 2.05) is 42.5 Å². The Bertz CT molecular complexity index is 1390. The number of piperazine rings is 1. The molecular formula is C30H29N3O7. The number of hydrogen-bond donors (Lipinski definition) is 0. The summed E-state index contributed by atoms with van der Waals surface area (Å²) in [7, 11) is 1.57. The minimum absolute atomic E-state index is 0.128. The number of nitro groups is 1. The van der Waals surface area contributed by atoms with Gasteiger partial charge in [-0.15, -0.1) is 0 Å². The molecule has 6 rings (SSSR count). The number of hydrogen-bond acceptors (Lipinski definition) is 7. The molecule has 3 heterocycles. The number of ether oxygens (including phenoxy) is 2. The summed E-state index contributed by atoms with van der Waals surface area (Å²) in [4.78, 5) is 54.8. The van der Waals surface area contributed by atoms with Crippen LogP contribution in [0.2, 0.25) is 0 Å². The standard InChI is InChI=1S/C30H29N3O7/c1-39-24-16-10-21(11-17-24)19-32-27-26(40-30(36)22-12-14-23(15-13-22)33(37)38)9-5-8-25(28(32)34)31(29(27)35)18-20-6-3-2-4-7-20/h2-4,6-7,10-17,25-27H,5,8-9,18-19H2,1H3/t25-,26-,27-/m0/s1. The number of carbonyl (C=O) groups is 3. The van der Waals surface area contributed by atoms with Crippen LogP contribution in [0.15, 0.2) is 78.9 Å². The van der Waals surface area contributed by atoms with Crippen LogP contribution in [0.3, 0.4) is 0 Å². The molecule has 3 aromatic rings. The molecule has 0 N–H and O–H groups in total. The highest BCUT2D eigenvalue weighted by molar-refractivity contribution is 5.98. The summed E-state index contributed by atoms with van der Waals surface area (Å²) in [6.07, 6.45) is 0.531. The number of esters is 1. The van der Waals surface area contributed by atoms with Gasteiger partial charge in [-0.25, -0.2) is 4.79 Å². The number of rotatable bonds is 8. The first-order valence-corrected chi connectivity index (χ1v) is 13.1. The molecule has 3 atom stereocenters. The third-order valence-corrected chi connectivity index (χ3v) is 7.41. The number of carbonyl (C=O) groups excluding carboxylic acids is 3. The van der Waals surface area contributed by atoms with Gasteiger partial charge in [0.2, 0.25) is 11.8 Å². The molecule has 0 radical (unpaired) electrons. The Morgan fingerprint density at radius 1 is 0.875 bits per heavy atom. The number of benzene rings is 3. The van der Waals surface area contributed by atoms with Gasteiger partial charge in [-0.2, -0.15) is 0 Å². The molecule has 0 aromatic heterocycles. The first kappa shape index (κ1) is 26.9. The summed E-state index contributed by atoms with van der Waals surface area (Å²) < 4.78 is 11.1. The first-order valence-electron chi connectivity index (χ1n) is 13.1.